The lowest BCUT2D eigenvalue weighted by Gasteiger charge is -2.09. The van der Waals surface area contributed by atoms with Crippen molar-refractivity contribution < 1.29 is 9.21 Å². The maximum atomic E-state index is 11.4. The molecule has 0 saturated carbocycles. The SMILES string of the molecule is Cc1ccc(-c2ccc(Cl)cc2NC(=O)CN)o1. The van der Waals surface area contributed by atoms with E-state index in [0.717, 1.165) is 11.3 Å². The third-order valence-corrected chi connectivity index (χ3v) is 2.68. The summed E-state index contributed by atoms with van der Waals surface area (Å²) in [6.45, 7) is 1.78. The first kappa shape index (κ1) is 12.7. The van der Waals surface area contributed by atoms with Crippen molar-refractivity contribution in [3.05, 3.63) is 41.1 Å². The Bertz CT molecular complexity index is 578. The minimum atomic E-state index is -0.276. The number of nitrogens with two attached hydrogens (primary N) is 1. The molecular formula is C13H13ClN2O2. The number of benzene rings is 1. The molecule has 1 aromatic heterocycles. The molecule has 5 heteroatoms. The average molecular weight is 265 g/mol. The lowest BCUT2D eigenvalue weighted by atomic mass is 10.1. The third kappa shape index (κ3) is 2.72. The second-order valence-corrected chi connectivity index (χ2v) is 4.29. The number of amides is 1. The van der Waals surface area contributed by atoms with Crippen LogP contribution in [0, 0.1) is 6.92 Å². The quantitative estimate of drug-likeness (QED) is 0.896. The minimum Gasteiger partial charge on any atom is -0.461 e. The van der Waals surface area contributed by atoms with Gasteiger partial charge in [-0.05, 0) is 37.3 Å². The summed E-state index contributed by atoms with van der Waals surface area (Å²) in [7, 11) is 0. The summed E-state index contributed by atoms with van der Waals surface area (Å²) >= 11 is 5.92. The van der Waals surface area contributed by atoms with Gasteiger partial charge in [0, 0.05) is 10.6 Å². The predicted molar refractivity (Wildman–Crippen MR) is 71.6 cm³/mol. The maximum absolute atomic E-state index is 11.4. The summed E-state index contributed by atoms with van der Waals surface area (Å²) in [6.07, 6.45) is 0. The number of anilines is 1. The van der Waals surface area contributed by atoms with Gasteiger partial charge in [0.2, 0.25) is 5.91 Å². The molecular weight excluding hydrogens is 252 g/mol. The zero-order valence-electron chi connectivity index (χ0n) is 9.87. The van der Waals surface area contributed by atoms with Crippen LogP contribution in [-0.4, -0.2) is 12.5 Å². The first-order chi connectivity index (χ1) is 8.60. The maximum Gasteiger partial charge on any atom is 0.238 e. The highest BCUT2D eigenvalue weighted by atomic mass is 35.5. The monoisotopic (exact) mass is 264 g/mol. The van der Waals surface area contributed by atoms with Crippen molar-refractivity contribution in [2.75, 3.05) is 11.9 Å². The number of rotatable bonds is 3. The van der Waals surface area contributed by atoms with Gasteiger partial charge >= 0.3 is 0 Å². The van der Waals surface area contributed by atoms with E-state index in [9.17, 15) is 4.79 Å². The Labute approximate surface area is 110 Å². The first-order valence-electron chi connectivity index (χ1n) is 5.46. The molecule has 1 amide bonds. The van der Waals surface area contributed by atoms with Gasteiger partial charge in [-0.3, -0.25) is 4.79 Å². The number of aryl methyl sites for hydroxylation is 1. The number of carbonyl (C=O) groups excluding carboxylic acids is 1. The Morgan fingerprint density at radius 1 is 1.39 bits per heavy atom. The first-order valence-corrected chi connectivity index (χ1v) is 5.84. The van der Waals surface area contributed by atoms with E-state index in [1.165, 1.54) is 0 Å². The van der Waals surface area contributed by atoms with Gasteiger partial charge in [0.1, 0.15) is 11.5 Å². The molecule has 2 rings (SSSR count). The smallest absolute Gasteiger partial charge is 0.238 e. The highest BCUT2D eigenvalue weighted by Gasteiger charge is 2.11. The van der Waals surface area contributed by atoms with E-state index in [2.05, 4.69) is 5.32 Å². The highest BCUT2D eigenvalue weighted by molar-refractivity contribution is 6.31. The zero-order valence-corrected chi connectivity index (χ0v) is 10.6. The molecule has 0 fully saturated rings. The summed E-state index contributed by atoms with van der Waals surface area (Å²) in [5, 5.41) is 3.24. The van der Waals surface area contributed by atoms with Gasteiger partial charge in [-0.2, -0.15) is 0 Å². The van der Waals surface area contributed by atoms with E-state index in [1.807, 2.05) is 19.1 Å². The van der Waals surface area contributed by atoms with Crippen LogP contribution in [0.2, 0.25) is 5.02 Å². The molecule has 18 heavy (non-hydrogen) atoms. The van der Waals surface area contributed by atoms with Gasteiger partial charge in [0.05, 0.1) is 12.2 Å². The molecule has 0 radical (unpaired) electrons. The molecule has 4 nitrogen and oxygen atoms in total. The Balaban J connectivity index is 2.43. The average Bonchev–Trinajstić information content (AvgIpc) is 2.75. The van der Waals surface area contributed by atoms with Crippen LogP contribution in [0.25, 0.3) is 11.3 Å². The van der Waals surface area contributed by atoms with E-state index in [0.29, 0.717) is 16.5 Å². The fraction of sp³-hybridized carbons (Fsp3) is 0.154. The number of hydrogen-bond donors (Lipinski definition) is 2. The second-order valence-electron chi connectivity index (χ2n) is 3.85. The normalized spacial score (nSPS) is 10.4. The van der Waals surface area contributed by atoms with Crippen LogP contribution < -0.4 is 11.1 Å². The lowest BCUT2D eigenvalue weighted by molar-refractivity contribution is -0.114. The van der Waals surface area contributed by atoms with Crippen molar-refractivity contribution in [2.24, 2.45) is 5.73 Å². The van der Waals surface area contributed by atoms with Crippen molar-refractivity contribution in [2.45, 2.75) is 6.92 Å². The van der Waals surface area contributed by atoms with Crippen molar-refractivity contribution in [3.63, 3.8) is 0 Å². The van der Waals surface area contributed by atoms with Crippen LogP contribution in [0.4, 0.5) is 5.69 Å². The topological polar surface area (TPSA) is 68.3 Å². The van der Waals surface area contributed by atoms with Gasteiger partial charge in [-0.1, -0.05) is 11.6 Å². The molecule has 1 aromatic carbocycles. The van der Waals surface area contributed by atoms with E-state index in [-0.39, 0.29) is 12.5 Å². The van der Waals surface area contributed by atoms with Crippen LogP contribution in [0.3, 0.4) is 0 Å². The number of nitrogens with one attached hydrogen (secondary N) is 1. The lowest BCUT2D eigenvalue weighted by Crippen LogP contribution is -2.22. The molecule has 0 aliphatic heterocycles. The molecule has 3 N–H and O–H groups in total. The van der Waals surface area contributed by atoms with E-state index in [1.54, 1.807) is 18.2 Å². The molecule has 0 unspecified atom stereocenters. The Hall–Kier alpha value is -1.78. The molecule has 0 atom stereocenters. The van der Waals surface area contributed by atoms with E-state index < -0.39 is 0 Å². The largest absolute Gasteiger partial charge is 0.461 e. The van der Waals surface area contributed by atoms with Crippen LogP contribution in [0.15, 0.2) is 34.7 Å². The summed E-state index contributed by atoms with van der Waals surface area (Å²) in [6, 6.07) is 8.91. The third-order valence-electron chi connectivity index (χ3n) is 2.45. The molecule has 2 aromatic rings. The van der Waals surface area contributed by atoms with Crippen molar-refractivity contribution >= 4 is 23.2 Å². The van der Waals surface area contributed by atoms with Gasteiger partial charge in [-0.15, -0.1) is 0 Å². The van der Waals surface area contributed by atoms with Gasteiger partial charge < -0.3 is 15.5 Å². The van der Waals surface area contributed by atoms with Gasteiger partial charge in [0.25, 0.3) is 0 Å². The van der Waals surface area contributed by atoms with Gasteiger partial charge in [0.15, 0.2) is 0 Å². The zero-order chi connectivity index (χ0) is 13.1. The number of halogens is 1. The number of hydrogen-bond acceptors (Lipinski definition) is 3. The van der Waals surface area contributed by atoms with E-state index in [4.69, 9.17) is 21.8 Å². The standard InChI is InChI=1S/C13H13ClN2O2/c1-8-2-5-12(18-8)10-4-3-9(14)6-11(10)16-13(17)7-15/h2-6H,7,15H2,1H3,(H,16,17). The van der Waals surface area contributed by atoms with Crippen LogP contribution in [-0.2, 0) is 4.79 Å². The molecule has 0 aliphatic carbocycles. The number of carbonyl (C=O) groups is 1. The molecule has 1 heterocycles. The van der Waals surface area contributed by atoms with Crippen LogP contribution >= 0.6 is 11.6 Å². The highest BCUT2D eigenvalue weighted by Crippen LogP contribution is 2.31. The van der Waals surface area contributed by atoms with Crippen molar-refractivity contribution in [1.29, 1.82) is 0 Å². The van der Waals surface area contributed by atoms with Crippen LogP contribution in [0.5, 0.6) is 0 Å². The van der Waals surface area contributed by atoms with Crippen LogP contribution in [0.1, 0.15) is 5.76 Å². The molecule has 0 aliphatic rings. The fourth-order valence-corrected chi connectivity index (χ4v) is 1.79. The fourth-order valence-electron chi connectivity index (χ4n) is 1.62. The minimum absolute atomic E-state index is 0.0802. The summed E-state index contributed by atoms with van der Waals surface area (Å²) in [5.41, 5.74) is 6.64. The Morgan fingerprint density at radius 3 is 2.78 bits per heavy atom. The summed E-state index contributed by atoms with van der Waals surface area (Å²) in [5.74, 6) is 1.20. The summed E-state index contributed by atoms with van der Waals surface area (Å²) < 4.78 is 5.54. The summed E-state index contributed by atoms with van der Waals surface area (Å²) in [4.78, 5) is 11.4. The van der Waals surface area contributed by atoms with E-state index >= 15 is 0 Å². The Kier molecular flexibility index (Phi) is 3.69. The predicted octanol–water partition coefficient (Wildman–Crippen LogP) is 2.81. The van der Waals surface area contributed by atoms with Crippen molar-refractivity contribution in [1.82, 2.24) is 0 Å². The van der Waals surface area contributed by atoms with Gasteiger partial charge in [-0.25, -0.2) is 0 Å². The molecule has 0 bridgehead atoms. The molecule has 0 spiro atoms. The Morgan fingerprint density at radius 2 is 2.17 bits per heavy atom. The van der Waals surface area contributed by atoms with Crippen molar-refractivity contribution in [3.8, 4) is 11.3 Å². The number of furan rings is 1. The molecule has 0 saturated heterocycles. The molecule has 94 valence electrons. The second kappa shape index (κ2) is 5.25.